The van der Waals surface area contributed by atoms with Crippen LogP contribution in [-0.2, 0) is 6.54 Å². The van der Waals surface area contributed by atoms with E-state index in [9.17, 15) is 14.4 Å². The summed E-state index contributed by atoms with van der Waals surface area (Å²) in [6.45, 7) is 0.0736. The van der Waals surface area contributed by atoms with Gasteiger partial charge >= 0.3 is 0 Å². The van der Waals surface area contributed by atoms with Gasteiger partial charge in [0.25, 0.3) is 17.0 Å². The Hall–Kier alpha value is -3.22. The number of aromatic nitrogens is 3. The molecular formula is C15H12N4O3. The first-order valence-corrected chi connectivity index (χ1v) is 6.59. The van der Waals surface area contributed by atoms with Gasteiger partial charge in [0, 0.05) is 23.7 Å². The third-order valence-electron chi connectivity index (χ3n) is 3.25. The molecule has 0 fully saturated rings. The van der Waals surface area contributed by atoms with E-state index in [0.29, 0.717) is 16.3 Å². The molecule has 0 aliphatic carbocycles. The molecule has 0 atom stereocenters. The number of nitrogens with one attached hydrogen (secondary N) is 3. The van der Waals surface area contributed by atoms with Crippen LogP contribution in [0, 0.1) is 0 Å². The van der Waals surface area contributed by atoms with Crippen molar-refractivity contribution in [2.75, 3.05) is 0 Å². The average Bonchev–Trinajstić information content (AvgIpc) is 2.54. The molecule has 2 heterocycles. The summed E-state index contributed by atoms with van der Waals surface area (Å²) in [5, 5.41) is 9.58. The largest absolute Gasteiger partial charge is 0.346 e. The first kappa shape index (κ1) is 13.7. The van der Waals surface area contributed by atoms with E-state index in [2.05, 4.69) is 20.5 Å². The second kappa shape index (κ2) is 5.65. The monoisotopic (exact) mass is 296 g/mol. The van der Waals surface area contributed by atoms with Crippen LogP contribution in [-0.4, -0.2) is 21.1 Å². The van der Waals surface area contributed by atoms with E-state index in [1.807, 2.05) is 0 Å². The van der Waals surface area contributed by atoms with Crippen molar-refractivity contribution in [3.63, 3.8) is 0 Å². The van der Waals surface area contributed by atoms with Crippen molar-refractivity contribution in [2.45, 2.75) is 6.54 Å². The summed E-state index contributed by atoms with van der Waals surface area (Å²) < 4.78 is 0. The Morgan fingerprint density at radius 2 is 1.82 bits per heavy atom. The molecule has 0 spiro atoms. The number of rotatable bonds is 3. The number of pyridine rings is 1. The highest BCUT2D eigenvalue weighted by molar-refractivity contribution is 6.04. The van der Waals surface area contributed by atoms with Crippen molar-refractivity contribution in [3.05, 3.63) is 74.6 Å². The number of hydrogen-bond donors (Lipinski definition) is 3. The average molecular weight is 296 g/mol. The zero-order valence-electron chi connectivity index (χ0n) is 11.4. The Morgan fingerprint density at radius 1 is 1.05 bits per heavy atom. The fourth-order valence-corrected chi connectivity index (χ4v) is 2.14. The van der Waals surface area contributed by atoms with E-state index < -0.39 is 5.91 Å². The molecule has 0 bridgehead atoms. The molecule has 0 unspecified atom stereocenters. The predicted octanol–water partition coefficient (Wildman–Crippen LogP) is 0.541. The van der Waals surface area contributed by atoms with Crippen LogP contribution in [0.5, 0.6) is 0 Å². The van der Waals surface area contributed by atoms with Gasteiger partial charge in [0.15, 0.2) is 5.69 Å². The zero-order valence-corrected chi connectivity index (χ0v) is 11.4. The van der Waals surface area contributed by atoms with Gasteiger partial charge in [0.2, 0.25) is 0 Å². The van der Waals surface area contributed by atoms with Crippen LogP contribution in [0.15, 0.2) is 52.2 Å². The molecule has 3 N–H and O–H groups in total. The molecule has 1 amide bonds. The molecular weight excluding hydrogens is 284 g/mol. The maximum atomic E-state index is 12.2. The summed E-state index contributed by atoms with van der Waals surface area (Å²) in [6, 6.07) is 10.0. The zero-order chi connectivity index (χ0) is 15.5. The molecule has 22 heavy (non-hydrogen) atoms. The third-order valence-corrected chi connectivity index (χ3v) is 3.25. The van der Waals surface area contributed by atoms with Gasteiger partial charge in [-0.15, -0.1) is 0 Å². The van der Waals surface area contributed by atoms with E-state index in [1.54, 1.807) is 36.4 Å². The molecule has 0 saturated heterocycles. The van der Waals surface area contributed by atoms with Crippen molar-refractivity contribution in [1.29, 1.82) is 0 Å². The Bertz CT molecular complexity index is 958. The first-order valence-electron chi connectivity index (χ1n) is 6.59. The number of fused-ring (bicyclic) bond motifs is 1. The van der Waals surface area contributed by atoms with E-state index in [1.165, 1.54) is 6.20 Å². The number of carbonyl (C=O) groups is 1. The fourth-order valence-electron chi connectivity index (χ4n) is 2.14. The van der Waals surface area contributed by atoms with Crippen molar-refractivity contribution in [2.24, 2.45) is 0 Å². The predicted molar refractivity (Wildman–Crippen MR) is 80.6 cm³/mol. The van der Waals surface area contributed by atoms with Crippen LogP contribution in [0.2, 0.25) is 0 Å². The van der Waals surface area contributed by atoms with E-state index >= 15 is 0 Å². The van der Waals surface area contributed by atoms with Gasteiger partial charge in [-0.3, -0.25) is 14.4 Å². The summed E-state index contributed by atoms with van der Waals surface area (Å²) in [7, 11) is 0. The molecule has 7 nitrogen and oxygen atoms in total. The SMILES string of the molecule is O=C(NCc1ccc[nH]c1=O)c1n[nH]c(=O)c2ccccc12. The number of amides is 1. The van der Waals surface area contributed by atoms with Crippen molar-refractivity contribution in [1.82, 2.24) is 20.5 Å². The summed E-state index contributed by atoms with van der Waals surface area (Å²) in [5.74, 6) is -0.462. The van der Waals surface area contributed by atoms with Gasteiger partial charge in [0.1, 0.15) is 0 Å². The molecule has 0 radical (unpaired) electrons. The lowest BCUT2D eigenvalue weighted by atomic mass is 10.1. The van der Waals surface area contributed by atoms with Crippen LogP contribution in [0.1, 0.15) is 16.1 Å². The minimum atomic E-state index is -0.462. The Labute approximate surface area is 124 Å². The number of hydrogen-bond acceptors (Lipinski definition) is 4. The van der Waals surface area contributed by atoms with Gasteiger partial charge in [-0.1, -0.05) is 24.3 Å². The fraction of sp³-hybridized carbons (Fsp3) is 0.0667. The van der Waals surface area contributed by atoms with Crippen LogP contribution < -0.4 is 16.4 Å². The van der Waals surface area contributed by atoms with Gasteiger partial charge in [0.05, 0.1) is 5.39 Å². The van der Waals surface area contributed by atoms with E-state index in [0.717, 1.165) is 0 Å². The lowest BCUT2D eigenvalue weighted by Crippen LogP contribution is -2.28. The van der Waals surface area contributed by atoms with Gasteiger partial charge in [-0.05, 0) is 12.1 Å². The number of nitrogens with zero attached hydrogens (tertiary/aromatic N) is 1. The molecule has 2 aromatic heterocycles. The summed E-state index contributed by atoms with van der Waals surface area (Å²) in [4.78, 5) is 38.0. The van der Waals surface area contributed by atoms with Crippen molar-refractivity contribution >= 4 is 16.7 Å². The minimum absolute atomic E-state index is 0.0736. The number of aromatic amines is 2. The normalized spacial score (nSPS) is 10.5. The van der Waals surface area contributed by atoms with Gasteiger partial charge in [-0.25, -0.2) is 5.10 Å². The maximum absolute atomic E-state index is 12.2. The topological polar surface area (TPSA) is 108 Å². The highest BCUT2D eigenvalue weighted by Crippen LogP contribution is 2.12. The molecule has 110 valence electrons. The van der Waals surface area contributed by atoms with Crippen molar-refractivity contribution < 1.29 is 4.79 Å². The van der Waals surface area contributed by atoms with E-state index in [-0.39, 0.29) is 23.4 Å². The number of H-pyrrole nitrogens is 2. The Kier molecular flexibility index (Phi) is 3.53. The molecule has 3 aromatic rings. The number of carbonyl (C=O) groups excluding carboxylic acids is 1. The van der Waals surface area contributed by atoms with Gasteiger partial charge in [-0.2, -0.15) is 5.10 Å². The quantitative estimate of drug-likeness (QED) is 0.655. The number of benzene rings is 1. The lowest BCUT2D eigenvalue weighted by Gasteiger charge is -2.06. The molecule has 0 aliphatic heterocycles. The second-order valence-corrected chi connectivity index (χ2v) is 4.65. The summed E-state index contributed by atoms with van der Waals surface area (Å²) >= 11 is 0. The van der Waals surface area contributed by atoms with Gasteiger partial charge < -0.3 is 10.3 Å². The van der Waals surface area contributed by atoms with Crippen LogP contribution in [0.25, 0.3) is 10.8 Å². The third kappa shape index (κ3) is 2.51. The summed E-state index contributed by atoms with van der Waals surface area (Å²) in [5.41, 5.74) is -0.0686. The highest BCUT2D eigenvalue weighted by Gasteiger charge is 2.13. The van der Waals surface area contributed by atoms with E-state index in [4.69, 9.17) is 0 Å². The first-order chi connectivity index (χ1) is 10.7. The molecule has 0 aliphatic rings. The van der Waals surface area contributed by atoms with Crippen LogP contribution in [0.4, 0.5) is 0 Å². The van der Waals surface area contributed by atoms with Crippen LogP contribution >= 0.6 is 0 Å². The Balaban J connectivity index is 1.90. The summed E-state index contributed by atoms with van der Waals surface area (Å²) in [6.07, 6.45) is 1.52. The lowest BCUT2D eigenvalue weighted by molar-refractivity contribution is 0.0946. The van der Waals surface area contributed by atoms with Crippen molar-refractivity contribution in [3.8, 4) is 0 Å². The smallest absolute Gasteiger partial charge is 0.272 e. The molecule has 0 saturated carbocycles. The maximum Gasteiger partial charge on any atom is 0.272 e. The van der Waals surface area contributed by atoms with Crippen LogP contribution in [0.3, 0.4) is 0 Å². The molecule has 7 heteroatoms. The minimum Gasteiger partial charge on any atom is -0.346 e. The standard InChI is InChI=1S/C15H12N4O3/c20-13-9(4-3-7-16-13)8-17-15(22)12-10-5-1-2-6-11(10)14(21)19-18-12/h1-7H,8H2,(H,16,20)(H,17,22)(H,19,21). The second-order valence-electron chi connectivity index (χ2n) is 4.65. The Morgan fingerprint density at radius 3 is 2.59 bits per heavy atom. The molecule has 3 rings (SSSR count). The highest BCUT2D eigenvalue weighted by atomic mass is 16.2. The molecule has 1 aromatic carbocycles.